The zero-order valence-corrected chi connectivity index (χ0v) is 33.2. The molecule has 3 rings (SSSR count). The second-order valence-electron chi connectivity index (χ2n) is 14.9. The highest BCUT2D eigenvalue weighted by atomic mass is 28.4. The van der Waals surface area contributed by atoms with Gasteiger partial charge in [0.15, 0.2) is 0 Å². The summed E-state index contributed by atoms with van der Waals surface area (Å²) in [4.78, 5) is 35.5. The minimum absolute atomic E-state index is 0.205. The molecule has 3 N–H and O–H groups in total. The average Bonchev–Trinajstić information content (AvgIpc) is 2.98. The van der Waals surface area contributed by atoms with E-state index in [9.17, 15) is 14.4 Å². The molecule has 7 heteroatoms. The van der Waals surface area contributed by atoms with Gasteiger partial charge in [-0.15, -0.1) is 0 Å². The van der Waals surface area contributed by atoms with Crippen molar-refractivity contribution >= 4 is 50.8 Å². The van der Waals surface area contributed by atoms with E-state index in [1.54, 1.807) is 0 Å². The van der Waals surface area contributed by atoms with Gasteiger partial charge in [0.2, 0.25) is 25.0 Å². The van der Waals surface area contributed by atoms with E-state index in [0.717, 1.165) is 32.3 Å². The predicted molar refractivity (Wildman–Crippen MR) is 198 cm³/mol. The molecule has 0 atom stereocenters. The van der Waals surface area contributed by atoms with Gasteiger partial charge in [-0.3, -0.25) is 0 Å². The summed E-state index contributed by atoms with van der Waals surface area (Å²) in [5.41, 5.74) is 4.45. The third-order valence-electron chi connectivity index (χ3n) is 10.6. The van der Waals surface area contributed by atoms with Gasteiger partial charge >= 0.3 is 0 Å². The lowest BCUT2D eigenvalue weighted by Crippen LogP contribution is -2.53. The minimum atomic E-state index is -2.68. The third-order valence-corrected chi connectivity index (χ3v) is 25.8. The maximum absolute atomic E-state index is 11.8. The van der Waals surface area contributed by atoms with Crippen LogP contribution < -0.4 is 15.6 Å². The van der Waals surface area contributed by atoms with Gasteiger partial charge in [0.25, 0.3) is 0 Å². The Morgan fingerprint density at radius 3 is 0.682 bits per heavy atom. The zero-order valence-electron chi connectivity index (χ0n) is 29.2. The molecule has 0 spiro atoms. The molecule has 0 amide bonds. The molecular weight excluding hydrogens is 605 g/mol. The van der Waals surface area contributed by atoms with Gasteiger partial charge in [-0.05, 0) is 65.5 Å². The van der Waals surface area contributed by atoms with E-state index in [1.165, 1.54) is 0 Å². The predicted octanol–water partition coefficient (Wildman–Crippen LogP) is 7.04. The average molecular weight is 662 g/mol. The topological polar surface area (TPSA) is 60.7 Å². The molecule has 3 radical (unpaired) electrons. The molecule has 3 aromatic rings. The molecule has 0 fully saturated rings. The van der Waals surface area contributed by atoms with Crippen LogP contribution in [0.15, 0.2) is 72.8 Å². The highest BCUT2D eigenvalue weighted by molar-refractivity contribution is 6.88. The standard InChI is InChI=1S/C37H57O3Si4/c1-25(2)42(38,26(3)4)34-19-13-31(14-20-34)37(41,32-15-21-35(22-16-32)43(39,27(5)6)28(7)8)33-17-23-36(24-18-33)44(40,29(9)10)30(11)12/h13-30,38-40H,1-12H3. The monoisotopic (exact) mass is 661 g/mol. The number of hydrogen-bond acceptors (Lipinski definition) is 3. The number of rotatable bonds is 12. The van der Waals surface area contributed by atoms with E-state index in [1.807, 2.05) is 0 Å². The smallest absolute Gasteiger partial charge is 0.225 e. The van der Waals surface area contributed by atoms with Crippen LogP contribution in [0.1, 0.15) is 99.8 Å². The van der Waals surface area contributed by atoms with Crippen molar-refractivity contribution in [3.63, 3.8) is 0 Å². The summed E-state index contributed by atoms with van der Waals surface area (Å²) in [7, 11) is -3.72. The lowest BCUT2D eigenvalue weighted by molar-refractivity contribution is 0.512. The van der Waals surface area contributed by atoms with Crippen LogP contribution in [0.2, 0.25) is 33.2 Å². The van der Waals surface area contributed by atoms with Gasteiger partial charge in [-0.25, -0.2) is 0 Å². The van der Waals surface area contributed by atoms with Crippen LogP contribution in [0, 0.1) is 0 Å². The molecule has 3 nitrogen and oxygen atoms in total. The molecule has 3 aromatic carbocycles. The Morgan fingerprint density at radius 1 is 0.386 bits per heavy atom. The lowest BCUT2D eigenvalue weighted by Gasteiger charge is -2.37. The first-order chi connectivity index (χ1) is 20.3. The number of hydrogen-bond donors (Lipinski definition) is 3. The zero-order chi connectivity index (χ0) is 33.4. The molecule has 0 aliphatic heterocycles. The van der Waals surface area contributed by atoms with Crippen molar-refractivity contribution in [3.8, 4) is 0 Å². The van der Waals surface area contributed by atoms with E-state index in [4.69, 9.17) is 0 Å². The lowest BCUT2D eigenvalue weighted by atomic mass is 9.84. The maximum Gasteiger partial charge on any atom is 0.225 e. The number of benzene rings is 3. The summed E-state index contributed by atoms with van der Waals surface area (Å²) in [5, 5.41) is 2.50. The normalized spacial score (nSPS) is 13.8. The highest BCUT2D eigenvalue weighted by Gasteiger charge is 2.44. The van der Waals surface area contributed by atoms with Gasteiger partial charge in [0, 0.05) is 5.04 Å². The van der Waals surface area contributed by atoms with E-state index in [2.05, 4.69) is 166 Å². The Kier molecular flexibility index (Phi) is 11.4. The molecule has 44 heavy (non-hydrogen) atoms. The van der Waals surface area contributed by atoms with Crippen molar-refractivity contribution in [2.75, 3.05) is 0 Å². The molecule has 0 saturated heterocycles. The molecule has 239 valence electrons. The summed E-state index contributed by atoms with van der Waals surface area (Å²) < 4.78 is 0. The van der Waals surface area contributed by atoms with Crippen LogP contribution in [0.4, 0.5) is 0 Å². The van der Waals surface area contributed by atoms with Crippen molar-refractivity contribution in [2.24, 2.45) is 0 Å². The van der Waals surface area contributed by atoms with Crippen LogP contribution >= 0.6 is 0 Å². The second kappa shape index (κ2) is 13.6. The molecule has 0 bridgehead atoms. The van der Waals surface area contributed by atoms with Gasteiger partial charge in [-0.2, -0.15) is 0 Å². The van der Waals surface area contributed by atoms with Crippen molar-refractivity contribution in [3.05, 3.63) is 89.5 Å². The summed E-state index contributed by atoms with van der Waals surface area (Å²) in [6.45, 7) is 25.6. The molecule has 0 aliphatic rings. The maximum atomic E-state index is 11.8. The Morgan fingerprint density at radius 2 is 0.545 bits per heavy atom. The fraction of sp³-hybridized carbons (Fsp3) is 0.514. The molecule has 0 heterocycles. The first kappa shape index (κ1) is 36.9. The van der Waals surface area contributed by atoms with E-state index >= 15 is 0 Å². The minimum Gasteiger partial charge on any atom is -0.427 e. The Bertz CT molecular complexity index is 1170. The fourth-order valence-corrected chi connectivity index (χ4v) is 18.1. The summed E-state index contributed by atoms with van der Waals surface area (Å²) in [6, 6.07) is 25.7. The molecular formula is C37H57O3Si4. The van der Waals surface area contributed by atoms with Gasteiger partial charge in [-0.1, -0.05) is 156 Å². The van der Waals surface area contributed by atoms with Crippen LogP contribution in [-0.2, 0) is 5.04 Å². The largest absolute Gasteiger partial charge is 0.427 e. The summed E-state index contributed by atoms with van der Waals surface area (Å²) in [6.07, 6.45) is 0. The Hall–Kier alpha value is -1.59. The van der Waals surface area contributed by atoms with Gasteiger partial charge < -0.3 is 14.4 Å². The van der Waals surface area contributed by atoms with Crippen LogP contribution in [0.5, 0.6) is 0 Å². The quantitative estimate of drug-likeness (QED) is 0.144. The molecule has 0 unspecified atom stereocenters. The third kappa shape index (κ3) is 6.22. The fourth-order valence-electron chi connectivity index (χ4n) is 7.46. The van der Waals surface area contributed by atoms with Crippen molar-refractivity contribution in [1.29, 1.82) is 0 Å². The van der Waals surface area contributed by atoms with Crippen LogP contribution in [0.3, 0.4) is 0 Å². The summed E-state index contributed by atoms with van der Waals surface area (Å²) >= 11 is 0. The first-order valence-electron chi connectivity index (χ1n) is 16.5. The molecule has 0 aliphatic carbocycles. The van der Waals surface area contributed by atoms with E-state index in [0.29, 0.717) is 0 Å². The molecule has 0 saturated carbocycles. The van der Waals surface area contributed by atoms with Gasteiger partial charge in [0.05, 0.1) is 10.2 Å². The van der Waals surface area contributed by atoms with Crippen molar-refractivity contribution in [2.45, 2.75) is 121 Å². The van der Waals surface area contributed by atoms with E-state index in [-0.39, 0.29) is 33.2 Å². The Labute approximate surface area is 275 Å². The second-order valence-corrected chi connectivity index (χ2v) is 29.2. The SMILES string of the molecule is CC(C)[Si](O)(c1ccc(C([Si])(c2ccc([Si](O)(C(C)C)C(C)C)cc2)c2ccc([Si](O)(C(C)C)C(C)C)cc2)cc1)C(C)C. The van der Waals surface area contributed by atoms with Crippen molar-refractivity contribution < 1.29 is 14.4 Å². The molecule has 0 aromatic heterocycles. The Balaban J connectivity index is 2.24. The van der Waals surface area contributed by atoms with Gasteiger partial charge in [0.1, 0.15) is 0 Å². The van der Waals surface area contributed by atoms with Crippen LogP contribution in [0.25, 0.3) is 0 Å². The first-order valence-corrected chi connectivity index (χ1v) is 23.4. The summed E-state index contributed by atoms with van der Waals surface area (Å²) in [5.74, 6) is 0. The highest BCUT2D eigenvalue weighted by Crippen LogP contribution is 2.38. The van der Waals surface area contributed by atoms with Crippen LogP contribution in [-0.4, -0.2) is 49.6 Å². The van der Waals surface area contributed by atoms with E-state index < -0.39 is 30.0 Å². The van der Waals surface area contributed by atoms with Crippen molar-refractivity contribution in [1.82, 2.24) is 0 Å².